The van der Waals surface area contributed by atoms with Crippen molar-refractivity contribution in [1.82, 2.24) is 5.32 Å². The Morgan fingerprint density at radius 3 is 2.64 bits per heavy atom. The summed E-state index contributed by atoms with van der Waals surface area (Å²) >= 11 is 0. The Bertz CT molecular complexity index is 188. The molecule has 0 rings (SSSR count). The largest absolute Gasteiger partial charge is 0.390 e. The van der Waals surface area contributed by atoms with Gasteiger partial charge in [-0.3, -0.25) is 4.79 Å². The number of hydrogen-bond donors (Lipinski definition) is 3. The highest BCUT2D eigenvalue weighted by atomic mass is 19.3. The minimum absolute atomic E-state index is 0.0299. The zero-order chi connectivity index (χ0) is 11.2. The molecular formula is C8H16F2N2O2. The fourth-order valence-electron chi connectivity index (χ4n) is 0.756. The molecule has 0 aliphatic carbocycles. The van der Waals surface area contributed by atoms with Crippen molar-refractivity contribution < 1.29 is 18.7 Å². The van der Waals surface area contributed by atoms with Crippen LogP contribution in [-0.2, 0) is 4.79 Å². The number of alkyl halides is 2. The minimum Gasteiger partial charge on any atom is -0.390 e. The molecular weight excluding hydrogens is 194 g/mol. The number of carbonyl (C=O) groups is 1. The lowest BCUT2D eigenvalue weighted by Crippen LogP contribution is -2.39. The van der Waals surface area contributed by atoms with Gasteiger partial charge in [0.25, 0.3) is 5.92 Å². The van der Waals surface area contributed by atoms with Gasteiger partial charge in [-0.25, -0.2) is 8.78 Å². The highest BCUT2D eigenvalue weighted by Crippen LogP contribution is 2.10. The smallest absolute Gasteiger partial charge is 0.287 e. The topological polar surface area (TPSA) is 75.4 Å². The third kappa shape index (κ3) is 5.82. The first-order valence-electron chi connectivity index (χ1n) is 4.36. The maximum absolute atomic E-state index is 12.4. The van der Waals surface area contributed by atoms with E-state index in [1.54, 1.807) is 6.92 Å². The molecule has 6 heteroatoms. The van der Waals surface area contributed by atoms with Gasteiger partial charge in [-0.15, -0.1) is 0 Å². The SMILES string of the molecule is CC(CN)CC(=O)NCC(F)(F)CO. The number of aliphatic hydroxyl groups is 1. The number of halogens is 2. The standard InChI is InChI=1S/C8H16F2N2O2/c1-6(3-11)2-7(14)12-4-8(9,10)5-13/h6,13H,2-5,11H2,1H3,(H,12,14). The van der Waals surface area contributed by atoms with Gasteiger partial charge in [-0.2, -0.15) is 0 Å². The van der Waals surface area contributed by atoms with Crippen molar-refractivity contribution in [2.24, 2.45) is 11.7 Å². The molecule has 0 aliphatic rings. The molecule has 1 atom stereocenters. The molecule has 14 heavy (non-hydrogen) atoms. The first-order valence-corrected chi connectivity index (χ1v) is 4.36. The fourth-order valence-corrected chi connectivity index (χ4v) is 0.756. The average molecular weight is 210 g/mol. The van der Waals surface area contributed by atoms with E-state index < -0.39 is 25.0 Å². The van der Waals surface area contributed by atoms with E-state index in [0.717, 1.165) is 0 Å². The van der Waals surface area contributed by atoms with Gasteiger partial charge >= 0.3 is 0 Å². The fraction of sp³-hybridized carbons (Fsp3) is 0.875. The second-order valence-electron chi connectivity index (χ2n) is 3.34. The van der Waals surface area contributed by atoms with E-state index in [0.29, 0.717) is 6.54 Å². The molecule has 0 aromatic heterocycles. The maximum Gasteiger partial charge on any atom is 0.287 e. The van der Waals surface area contributed by atoms with E-state index in [1.165, 1.54) is 0 Å². The lowest BCUT2D eigenvalue weighted by atomic mass is 10.1. The predicted molar refractivity (Wildman–Crippen MR) is 47.9 cm³/mol. The monoisotopic (exact) mass is 210 g/mol. The van der Waals surface area contributed by atoms with E-state index in [2.05, 4.69) is 0 Å². The summed E-state index contributed by atoms with van der Waals surface area (Å²) in [6.45, 7) is -0.00702. The molecule has 4 nitrogen and oxygen atoms in total. The van der Waals surface area contributed by atoms with Gasteiger partial charge in [0, 0.05) is 6.42 Å². The Hall–Kier alpha value is -0.750. The summed E-state index contributed by atoms with van der Waals surface area (Å²) in [6, 6.07) is 0. The number of rotatable bonds is 6. The van der Waals surface area contributed by atoms with Crippen LogP contribution in [0.2, 0.25) is 0 Å². The zero-order valence-corrected chi connectivity index (χ0v) is 8.09. The van der Waals surface area contributed by atoms with Crippen molar-refractivity contribution in [3.05, 3.63) is 0 Å². The summed E-state index contributed by atoms with van der Waals surface area (Å²) in [6.07, 6.45) is 0.123. The zero-order valence-electron chi connectivity index (χ0n) is 8.09. The molecule has 0 saturated carbocycles. The van der Waals surface area contributed by atoms with Crippen molar-refractivity contribution in [3.8, 4) is 0 Å². The molecule has 0 aromatic rings. The van der Waals surface area contributed by atoms with Gasteiger partial charge in [0.05, 0.1) is 6.54 Å². The number of carbonyl (C=O) groups excluding carboxylic acids is 1. The quantitative estimate of drug-likeness (QED) is 0.564. The van der Waals surface area contributed by atoms with Gasteiger partial charge < -0.3 is 16.2 Å². The Morgan fingerprint density at radius 1 is 1.64 bits per heavy atom. The van der Waals surface area contributed by atoms with Crippen LogP contribution in [0.1, 0.15) is 13.3 Å². The van der Waals surface area contributed by atoms with Crippen molar-refractivity contribution in [2.75, 3.05) is 19.7 Å². The Balaban J connectivity index is 3.74. The normalized spacial score (nSPS) is 13.8. The van der Waals surface area contributed by atoms with Crippen LogP contribution >= 0.6 is 0 Å². The van der Waals surface area contributed by atoms with Crippen molar-refractivity contribution in [2.45, 2.75) is 19.3 Å². The number of hydrogen-bond acceptors (Lipinski definition) is 3. The van der Waals surface area contributed by atoms with Gasteiger partial charge in [-0.05, 0) is 12.5 Å². The van der Waals surface area contributed by atoms with Crippen LogP contribution in [0.3, 0.4) is 0 Å². The molecule has 0 fully saturated rings. The second-order valence-corrected chi connectivity index (χ2v) is 3.34. The van der Waals surface area contributed by atoms with Crippen LogP contribution in [0.4, 0.5) is 8.78 Å². The van der Waals surface area contributed by atoms with Crippen molar-refractivity contribution in [3.63, 3.8) is 0 Å². The highest BCUT2D eigenvalue weighted by molar-refractivity contribution is 5.76. The molecule has 0 radical (unpaired) electrons. The Kier molecular flexibility index (Phi) is 5.56. The number of nitrogens with one attached hydrogen (secondary N) is 1. The van der Waals surface area contributed by atoms with E-state index >= 15 is 0 Å². The van der Waals surface area contributed by atoms with Crippen LogP contribution in [0, 0.1) is 5.92 Å². The molecule has 4 N–H and O–H groups in total. The van der Waals surface area contributed by atoms with Gasteiger partial charge in [0.15, 0.2) is 0 Å². The van der Waals surface area contributed by atoms with Gasteiger partial charge in [0.2, 0.25) is 5.91 Å². The van der Waals surface area contributed by atoms with Crippen LogP contribution in [0.25, 0.3) is 0 Å². The number of nitrogens with two attached hydrogens (primary N) is 1. The van der Waals surface area contributed by atoms with E-state index in [4.69, 9.17) is 10.8 Å². The highest BCUT2D eigenvalue weighted by Gasteiger charge is 2.28. The van der Waals surface area contributed by atoms with Gasteiger partial charge in [-0.1, -0.05) is 6.92 Å². The summed E-state index contributed by atoms with van der Waals surface area (Å²) in [5, 5.41) is 10.2. The molecule has 0 spiro atoms. The first-order chi connectivity index (χ1) is 6.41. The van der Waals surface area contributed by atoms with Crippen LogP contribution < -0.4 is 11.1 Å². The molecule has 0 saturated heterocycles. The summed E-state index contributed by atoms with van der Waals surface area (Å²) in [4.78, 5) is 11.0. The van der Waals surface area contributed by atoms with Crippen LogP contribution in [0.5, 0.6) is 0 Å². The molecule has 84 valence electrons. The molecule has 1 amide bonds. The third-order valence-corrected chi connectivity index (χ3v) is 1.71. The molecule has 0 heterocycles. The summed E-state index contributed by atoms with van der Waals surface area (Å²) < 4.78 is 24.9. The van der Waals surface area contributed by atoms with Crippen molar-refractivity contribution in [1.29, 1.82) is 0 Å². The summed E-state index contributed by atoms with van der Waals surface area (Å²) in [5.74, 6) is -3.75. The lowest BCUT2D eigenvalue weighted by Gasteiger charge is -2.15. The Labute approximate surface area is 81.5 Å². The Morgan fingerprint density at radius 2 is 2.21 bits per heavy atom. The predicted octanol–water partition coefficient (Wildman–Crippen LogP) is -0.285. The molecule has 1 unspecified atom stereocenters. The number of aliphatic hydroxyl groups excluding tert-OH is 1. The van der Waals surface area contributed by atoms with E-state index in [-0.39, 0.29) is 12.3 Å². The summed E-state index contributed by atoms with van der Waals surface area (Å²) in [7, 11) is 0. The molecule has 0 bridgehead atoms. The molecule has 0 aromatic carbocycles. The minimum atomic E-state index is -3.25. The summed E-state index contributed by atoms with van der Waals surface area (Å²) in [5.41, 5.74) is 5.26. The lowest BCUT2D eigenvalue weighted by molar-refractivity contribution is -0.124. The van der Waals surface area contributed by atoms with Crippen molar-refractivity contribution >= 4 is 5.91 Å². The van der Waals surface area contributed by atoms with Crippen LogP contribution in [0.15, 0.2) is 0 Å². The number of amides is 1. The van der Waals surface area contributed by atoms with E-state index in [1.807, 2.05) is 5.32 Å². The van der Waals surface area contributed by atoms with Crippen LogP contribution in [-0.4, -0.2) is 36.6 Å². The average Bonchev–Trinajstić information content (AvgIpc) is 2.15. The first kappa shape index (κ1) is 13.2. The maximum atomic E-state index is 12.4. The third-order valence-electron chi connectivity index (χ3n) is 1.71. The molecule has 0 aliphatic heterocycles. The van der Waals surface area contributed by atoms with E-state index in [9.17, 15) is 13.6 Å². The second kappa shape index (κ2) is 5.87. The van der Waals surface area contributed by atoms with Gasteiger partial charge in [0.1, 0.15) is 6.61 Å².